The Morgan fingerprint density at radius 2 is 1.20 bits per heavy atom. The van der Waals surface area contributed by atoms with Gasteiger partial charge >= 0.3 is 0 Å². The fourth-order valence-electron chi connectivity index (χ4n) is 4.80. The molecular formula is C37H31NO3. The van der Waals surface area contributed by atoms with Crippen molar-refractivity contribution in [1.29, 1.82) is 0 Å². The third-order valence-electron chi connectivity index (χ3n) is 6.97. The van der Waals surface area contributed by atoms with Gasteiger partial charge < -0.3 is 19.1 Å². The van der Waals surface area contributed by atoms with Gasteiger partial charge in [-0.05, 0) is 89.0 Å². The van der Waals surface area contributed by atoms with E-state index in [4.69, 9.17) is 14.2 Å². The summed E-state index contributed by atoms with van der Waals surface area (Å²) in [6, 6.07) is 45.7. The fraction of sp³-hybridized carbons (Fsp3) is 0.0811. The molecule has 1 heterocycles. The largest absolute Gasteiger partial charge is 0.466 e. The number of hydrogen-bond acceptors (Lipinski definition) is 4. The predicted octanol–water partition coefficient (Wildman–Crippen LogP) is 9.39. The third kappa shape index (κ3) is 6.24. The SMILES string of the molecule is C=COc1ccc(C(=Cc2ccc(N(c3ccccc3)c3ccc(OC4CCO4)cc3)cc2)c2ccccc2)cc1. The first-order valence-corrected chi connectivity index (χ1v) is 13.8. The van der Waals surface area contributed by atoms with Gasteiger partial charge in [0.1, 0.15) is 11.5 Å². The Labute approximate surface area is 241 Å². The van der Waals surface area contributed by atoms with Crippen LogP contribution in [0.2, 0.25) is 0 Å². The summed E-state index contributed by atoms with van der Waals surface area (Å²) in [6.07, 6.45) is 4.46. The predicted molar refractivity (Wildman–Crippen MR) is 167 cm³/mol. The molecule has 6 rings (SSSR count). The molecule has 1 fully saturated rings. The minimum absolute atomic E-state index is 0.133. The van der Waals surface area contributed by atoms with E-state index in [1.807, 2.05) is 36.4 Å². The quantitative estimate of drug-likeness (QED) is 0.131. The second-order valence-corrected chi connectivity index (χ2v) is 9.70. The van der Waals surface area contributed by atoms with Gasteiger partial charge in [-0.3, -0.25) is 0 Å². The topological polar surface area (TPSA) is 30.9 Å². The van der Waals surface area contributed by atoms with Crippen molar-refractivity contribution in [3.8, 4) is 11.5 Å². The molecule has 1 saturated heterocycles. The number of anilines is 3. The molecule has 0 bridgehead atoms. The molecule has 5 aromatic carbocycles. The Morgan fingerprint density at radius 3 is 1.78 bits per heavy atom. The fourth-order valence-corrected chi connectivity index (χ4v) is 4.80. The summed E-state index contributed by atoms with van der Waals surface area (Å²) in [6.45, 7) is 4.41. The van der Waals surface area contributed by atoms with Crippen LogP contribution in [0.3, 0.4) is 0 Å². The molecule has 1 aliphatic heterocycles. The molecular weight excluding hydrogens is 506 g/mol. The van der Waals surface area contributed by atoms with E-state index in [1.54, 1.807) is 0 Å². The lowest BCUT2D eigenvalue weighted by molar-refractivity contribution is -0.165. The summed E-state index contributed by atoms with van der Waals surface area (Å²) in [5, 5.41) is 0. The monoisotopic (exact) mass is 537 g/mol. The minimum atomic E-state index is -0.133. The molecule has 0 saturated carbocycles. The third-order valence-corrected chi connectivity index (χ3v) is 6.97. The molecule has 1 aliphatic rings. The summed E-state index contributed by atoms with van der Waals surface area (Å²) in [5.41, 5.74) is 7.70. The lowest BCUT2D eigenvalue weighted by Crippen LogP contribution is -2.32. The molecule has 5 aromatic rings. The van der Waals surface area contributed by atoms with Crippen molar-refractivity contribution in [2.24, 2.45) is 0 Å². The average molecular weight is 538 g/mol. The molecule has 0 amide bonds. The standard InChI is InChI=1S/C37H31NO3/c1-2-39-34-21-15-30(16-22-34)36(29-9-5-3-6-10-29)27-28-13-17-32(18-14-28)38(31-11-7-4-8-12-31)33-19-23-35(24-20-33)41-37-25-26-40-37/h2-24,27,37H,1,25-26H2. The second-order valence-electron chi connectivity index (χ2n) is 9.70. The zero-order chi connectivity index (χ0) is 27.9. The van der Waals surface area contributed by atoms with Crippen LogP contribution < -0.4 is 14.4 Å². The molecule has 0 spiro atoms. The summed E-state index contributed by atoms with van der Waals surface area (Å²) >= 11 is 0. The van der Waals surface area contributed by atoms with Crippen LogP contribution in [0.1, 0.15) is 23.1 Å². The minimum Gasteiger partial charge on any atom is -0.466 e. The Bertz CT molecular complexity index is 1590. The van der Waals surface area contributed by atoms with Crippen LogP contribution in [0, 0.1) is 0 Å². The van der Waals surface area contributed by atoms with E-state index in [1.165, 1.54) is 6.26 Å². The molecule has 41 heavy (non-hydrogen) atoms. The Morgan fingerprint density at radius 1 is 0.659 bits per heavy atom. The molecule has 0 aliphatic carbocycles. The van der Waals surface area contributed by atoms with Crippen molar-refractivity contribution in [3.63, 3.8) is 0 Å². The van der Waals surface area contributed by atoms with Crippen molar-refractivity contribution >= 4 is 28.7 Å². The van der Waals surface area contributed by atoms with E-state index in [0.29, 0.717) is 0 Å². The first kappa shape index (κ1) is 26.2. The highest BCUT2D eigenvalue weighted by Gasteiger charge is 2.20. The van der Waals surface area contributed by atoms with Crippen LogP contribution in [-0.2, 0) is 4.74 Å². The molecule has 4 heteroatoms. The number of ether oxygens (including phenoxy) is 3. The highest BCUT2D eigenvalue weighted by atomic mass is 16.7. The van der Waals surface area contributed by atoms with E-state index in [0.717, 1.165) is 63.9 Å². The van der Waals surface area contributed by atoms with Gasteiger partial charge in [0.15, 0.2) is 0 Å². The maximum absolute atomic E-state index is 5.88. The van der Waals surface area contributed by atoms with Crippen LogP contribution in [0.4, 0.5) is 17.1 Å². The smallest absolute Gasteiger partial charge is 0.202 e. The average Bonchev–Trinajstić information content (AvgIpc) is 3.01. The van der Waals surface area contributed by atoms with Crippen molar-refractivity contribution in [2.45, 2.75) is 12.7 Å². The van der Waals surface area contributed by atoms with Gasteiger partial charge in [0.25, 0.3) is 0 Å². The highest BCUT2D eigenvalue weighted by Crippen LogP contribution is 2.36. The van der Waals surface area contributed by atoms with Crippen LogP contribution in [0.5, 0.6) is 11.5 Å². The maximum Gasteiger partial charge on any atom is 0.202 e. The molecule has 1 unspecified atom stereocenters. The number of rotatable bonds is 10. The van der Waals surface area contributed by atoms with Crippen molar-refractivity contribution in [2.75, 3.05) is 11.5 Å². The van der Waals surface area contributed by atoms with E-state index in [-0.39, 0.29) is 6.29 Å². The number of benzene rings is 5. The summed E-state index contributed by atoms with van der Waals surface area (Å²) in [4.78, 5) is 2.24. The van der Waals surface area contributed by atoms with E-state index < -0.39 is 0 Å². The zero-order valence-electron chi connectivity index (χ0n) is 22.7. The van der Waals surface area contributed by atoms with Crippen LogP contribution in [0.25, 0.3) is 11.6 Å². The van der Waals surface area contributed by atoms with Gasteiger partial charge in [-0.25, -0.2) is 0 Å². The number of para-hydroxylation sites is 1. The summed E-state index contributed by atoms with van der Waals surface area (Å²) in [5.74, 6) is 1.57. The molecule has 1 atom stereocenters. The number of nitrogens with zero attached hydrogens (tertiary/aromatic N) is 1. The lowest BCUT2D eigenvalue weighted by Gasteiger charge is -2.28. The Balaban J connectivity index is 1.32. The van der Waals surface area contributed by atoms with Gasteiger partial charge in [-0.1, -0.05) is 79.4 Å². The molecule has 4 nitrogen and oxygen atoms in total. The zero-order valence-corrected chi connectivity index (χ0v) is 22.7. The summed E-state index contributed by atoms with van der Waals surface area (Å²) < 4.78 is 16.7. The van der Waals surface area contributed by atoms with Crippen molar-refractivity contribution in [3.05, 3.63) is 163 Å². The van der Waals surface area contributed by atoms with Crippen LogP contribution >= 0.6 is 0 Å². The molecule has 0 aromatic heterocycles. The van der Waals surface area contributed by atoms with E-state index >= 15 is 0 Å². The van der Waals surface area contributed by atoms with Crippen molar-refractivity contribution in [1.82, 2.24) is 0 Å². The first-order chi connectivity index (χ1) is 20.3. The van der Waals surface area contributed by atoms with Gasteiger partial charge in [0, 0.05) is 23.5 Å². The molecule has 0 radical (unpaired) electrons. The van der Waals surface area contributed by atoms with Gasteiger partial charge in [-0.15, -0.1) is 0 Å². The Kier molecular flexibility index (Phi) is 7.93. The van der Waals surface area contributed by atoms with Gasteiger partial charge in [-0.2, -0.15) is 0 Å². The lowest BCUT2D eigenvalue weighted by atomic mass is 9.95. The molecule has 202 valence electrons. The van der Waals surface area contributed by atoms with E-state index in [2.05, 4.69) is 115 Å². The normalized spacial score (nSPS) is 14.5. The summed E-state index contributed by atoms with van der Waals surface area (Å²) in [7, 11) is 0. The van der Waals surface area contributed by atoms with Crippen molar-refractivity contribution < 1.29 is 14.2 Å². The van der Waals surface area contributed by atoms with Crippen LogP contribution in [-0.4, -0.2) is 12.9 Å². The van der Waals surface area contributed by atoms with Gasteiger partial charge in [0.2, 0.25) is 6.29 Å². The highest BCUT2D eigenvalue weighted by molar-refractivity contribution is 5.92. The van der Waals surface area contributed by atoms with Gasteiger partial charge in [0.05, 0.1) is 12.9 Å². The van der Waals surface area contributed by atoms with Crippen LogP contribution in [0.15, 0.2) is 146 Å². The second kappa shape index (κ2) is 12.4. The Hall–Kier alpha value is -5.06. The molecule has 0 N–H and O–H groups in total. The van der Waals surface area contributed by atoms with E-state index in [9.17, 15) is 0 Å². The first-order valence-electron chi connectivity index (χ1n) is 13.8. The number of hydrogen-bond donors (Lipinski definition) is 0. The maximum atomic E-state index is 5.88.